The molecule has 0 saturated heterocycles. The number of rotatable bonds is 3. The van der Waals surface area contributed by atoms with E-state index in [0.717, 1.165) is 48.0 Å². The van der Waals surface area contributed by atoms with Gasteiger partial charge in [0.25, 0.3) is 5.89 Å². The number of nitrogens with zero attached hydrogens (tertiary/aromatic N) is 6. The van der Waals surface area contributed by atoms with Gasteiger partial charge in [-0.2, -0.15) is 4.98 Å². The molecular weight excluding hydrogens is 342 g/mol. The topological polar surface area (TPSA) is 109 Å². The molecule has 8 nitrogen and oxygen atoms in total. The molecule has 8 heteroatoms. The van der Waals surface area contributed by atoms with Crippen LogP contribution in [0.4, 0.5) is 0 Å². The molecule has 1 aliphatic carbocycles. The number of benzene rings is 1. The van der Waals surface area contributed by atoms with Crippen molar-refractivity contribution in [3.8, 4) is 17.3 Å². The minimum Gasteiger partial charge on any atom is -0.332 e. The number of nitrogens with two attached hydrogens (primary N) is 1. The Morgan fingerprint density at radius 1 is 1.15 bits per heavy atom. The highest BCUT2D eigenvalue weighted by Crippen LogP contribution is 2.35. The molecule has 27 heavy (non-hydrogen) atoms. The summed E-state index contributed by atoms with van der Waals surface area (Å²) in [6.07, 6.45) is 5.69. The number of hydrogen-bond donors (Lipinski definition) is 1. The second-order valence-corrected chi connectivity index (χ2v) is 7.07. The van der Waals surface area contributed by atoms with Gasteiger partial charge in [-0.1, -0.05) is 41.4 Å². The summed E-state index contributed by atoms with van der Waals surface area (Å²) in [4.78, 5) is 9.02. The minimum absolute atomic E-state index is 0.346. The van der Waals surface area contributed by atoms with Crippen molar-refractivity contribution in [2.45, 2.75) is 38.1 Å². The molecule has 1 aliphatic rings. The summed E-state index contributed by atoms with van der Waals surface area (Å²) in [7, 11) is 0. The van der Waals surface area contributed by atoms with Gasteiger partial charge in [-0.15, -0.1) is 5.10 Å². The van der Waals surface area contributed by atoms with E-state index in [0.29, 0.717) is 17.4 Å². The molecule has 5 rings (SSSR count). The van der Waals surface area contributed by atoms with Gasteiger partial charge in [0.1, 0.15) is 0 Å². The van der Waals surface area contributed by atoms with Crippen molar-refractivity contribution in [1.82, 2.24) is 30.1 Å². The van der Waals surface area contributed by atoms with Gasteiger partial charge < -0.3 is 10.3 Å². The summed E-state index contributed by atoms with van der Waals surface area (Å²) in [5.74, 6) is 0.898. The van der Waals surface area contributed by atoms with Crippen LogP contribution in [0.1, 0.15) is 37.2 Å². The predicted octanol–water partition coefficient (Wildman–Crippen LogP) is 2.90. The number of para-hydroxylation sites is 1. The Hall–Kier alpha value is -3.13. The van der Waals surface area contributed by atoms with E-state index in [-0.39, 0.29) is 0 Å². The van der Waals surface area contributed by atoms with Crippen molar-refractivity contribution in [2.75, 3.05) is 0 Å². The van der Waals surface area contributed by atoms with Crippen molar-refractivity contribution in [3.63, 3.8) is 0 Å². The first kappa shape index (κ1) is 16.1. The average Bonchev–Trinajstić information content (AvgIpc) is 3.42. The summed E-state index contributed by atoms with van der Waals surface area (Å²) in [6, 6.07) is 9.89. The van der Waals surface area contributed by atoms with Crippen LogP contribution in [0.5, 0.6) is 0 Å². The lowest BCUT2D eigenvalue weighted by Crippen LogP contribution is -2.34. The van der Waals surface area contributed by atoms with Crippen LogP contribution in [0.25, 0.3) is 28.2 Å². The molecule has 4 aromatic rings. The Bertz CT molecular complexity index is 1120. The second kappa shape index (κ2) is 5.95. The fraction of sp³-hybridized carbons (Fsp3) is 0.316. The highest BCUT2D eigenvalue weighted by Gasteiger charge is 2.36. The quantitative estimate of drug-likeness (QED) is 0.597. The number of fused-ring (bicyclic) bond motifs is 1. The van der Waals surface area contributed by atoms with Gasteiger partial charge in [0.2, 0.25) is 0 Å². The van der Waals surface area contributed by atoms with E-state index in [2.05, 4.69) is 25.4 Å². The fourth-order valence-electron chi connectivity index (χ4n) is 3.77. The highest BCUT2D eigenvalue weighted by molar-refractivity contribution is 5.86. The second-order valence-electron chi connectivity index (χ2n) is 7.07. The van der Waals surface area contributed by atoms with Crippen LogP contribution in [-0.4, -0.2) is 30.1 Å². The Morgan fingerprint density at radius 3 is 2.81 bits per heavy atom. The van der Waals surface area contributed by atoms with Crippen LogP contribution >= 0.6 is 0 Å². The summed E-state index contributed by atoms with van der Waals surface area (Å²) in [5, 5.41) is 13.7. The molecule has 0 spiro atoms. The molecule has 0 amide bonds. The van der Waals surface area contributed by atoms with Crippen LogP contribution in [0.15, 0.2) is 41.1 Å². The van der Waals surface area contributed by atoms with Gasteiger partial charge in [0.05, 0.1) is 22.4 Å². The van der Waals surface area contributed by atoms with E-state index in [1.807, 2.05) is 37.3 Å². The number of hydrogen-bond acceptors (Lipinski definition) is 7. The van der Waals surface area contributed by atoms with Gasteiger partial charge in [0.15, 0.2) is 11.5 Å². The molecule has 1 saturated carbocycles. The largest absolute Gasteiger partial charge is 0.332 e. The molecule has 1 fully saturated rings. The third kappa shape index (κ3) is 2.52. The maximum absolute atomic E-state index is 6.43. The van der Waals surface area contributed by atoms with Gasteiger partial charge in [-0.25, -0.2) is 4.68 Å². The zero-order valence-electron chi connectivity index (χ0n) is 15.0. The Balaban J connectivity index is 1.57. The van der Waals surface area contributed by atoms with Gasteiger partial charge in [-0.3, -0.25) is 4.98 Å². The van der Waals surface area contributed by atoms with Crippen LogP contribution in [0.3, 0.4) is 0 Å². The predicted molar refractivity (Wildman–Crippen MR) is 99.0 cm³/mol. The monoisotopic (exact) mass is 361 g/mol. The lowest BCUT2D eigenvalue weighted by Gasteiger charge is -2.17. The SMILES string of the molecule is Cc1c(-c2nc(C3(N)CCCC3)no2)nnn1-c1cccc2cccnc12. The average molecular weight is 361 g/mol. The molecule has 0 unspecified atom stereocenters. The smallest absolute Gasteiger partial charge is 0.280 e. The van der Waals surface area contributed by atoms with Crippen LogP contribution in [-0.2, 0) is 5.54 Å². The van der Waals surface area contributed by atoms with Crippen molar-refractivity contribution in [3.05, 3.63) is 48.0 Å². The highest BCUT2D eigenvalue weighted by atomic mass is 16.5. The van der Waals surface area contributed by atoms with Crippen molar-refractivity contribution in [1.29, 1.82) is 0 Å². The maximum Gasteiger partial charge on any atom is 0.280 e. The Kier molecular flexibility index (Phi) is 3.54. The summed E-state index contributed by atoms with van der Waals surface area (Å²) >= 11 is 0. The third-order valence-electron chi connectivity index (χ3n) is 5.30. The third-order valence-corrected chi connectivity index (χ3v) is 5.30. The minimum atomic E-state index is -0.495. The fourth-order valence-corrected chi connectivity index (χ4v) is 3.77. The molecule has 0 atom stereocenters. The Labute approximate surface area is 155 Å². The molecule has 3 heterocycles. The number of pyridine rings is 1. The molecular formula is C19H19N7O. The van der Waals surface area contributed by atoms with Gasteiger partial charge >= 0.3 is 0 Å². The van der Waals surface area contributed by atoms with E-state index >= 15 is 0 Å². The molecule has 0 aliphatic heterocycles. The van der Waals surface area contributed by atoms with Crippen LogP contribution in [0, 0.1) is 6.92 Å². The van der Waals surface area contributed by atoms with E-state index in [4.69, 9.17) is 10.3 Å². The zero-order chi connectivity index (χ0) is 18.4. The summed E-state index contributed by atoms with van der Waals surface area (Å²) in [5.41, 5.74) is 9.02. The zero-order valence-corrected chi connectivity index (χ0v) is 15.0. The normalized spacial score (nSPS) is 16.2. The Morgan fingerprint density at radius 2 is 1.96 bits per heavy atom. The van der Waals surface area contributed by atoms with E-state index in [9.17, 15) is 0 Å². The molecule has 3 aromatic heterocycles. The van der Waals surface area contributed by atoms with Gasteiger partial charge in [0, 0.05) is 11.6 Å². The summed E-state index contributed by atoms with van der Waals surface area (Å²) < 4.78 is 7.23. The lowest BCUT2D eigenvalue weighted by molar-refractivity contribution is 0.372. The van der Waals surface area contributed by atoms with Crippen molar-refractivity contribution >= 4 is 10.9 Å². The number of aromatic nitrogens is 6. The van der Waals surface area contributed by atoms with Crippen molar-refractivity contribution in [2.24, 2.45) is 5.73 Å². The standard InChI is InChI=1S/C19H19N7O/c1-12-15(17-22-18(24-27-17)19(20)9-2-3-10-19)23-25-26(12)14-8-4-6-13-7-5-11-21-16(13)14/h4-8,11H,2-3,9-10,20H2,1H3. The van der Waals surface area contributed by atoms with Crippen molar-refractivity contribution < 1.29 is 4.52 Å². The molecule has 0 bridgehead atoms. The molecule has 136 valence electrons. The van der Waals surface area contributed by atoms with E-state index in [1.54, 1.807) is 10.9 Å². The lowest BCUT2D eigenvalue weighted by atomic mass is 9.99. The van der Waals surface area contributed by atoms with Crippen LogP contribution in [0.2, 0.25) is 0 Å². The first-order valence-corrected chi connectivity index (χ1v) is 9.06. The molecule has 0 radical (unpaired) electrons. The first-order valence-electron chi connectivity index (χ1n) is 9.06. The van der Waals surface area contributed by atoms with E-state index < -0.39 is 5.54 Å². The summed E-state index contributed by atoms with van der Waals surface area (Å²) in [6.45, 7) is 1.93. The molecule has 1 aromatic carbocycles. The maximum atomic E-state index is 6.43. The van der Waals surface area contributed by atoms with Gasteiger partial charge in [-0.05, 0) is 31.9 Å². The van der Waals surface area contributed by atoms with E-state index in [1.165, 1.54) is 0 Å². The molecule has 2 N–H and O–H groups in total. The first-order chi connectivity index (χ1) is 13.2. The van der Waals surface area contributed by atoms with Crippen LogP contribution < -0.4 is 5.73 Å².